The molecule has 1 N–H and O–H groups in total. The van der Waals surface area contributed by atoms with Crippen LogP contribution in [0.5, 0.6) is 5.75 Å². The highest BCUT2D eigenvalue weighted by atomic mass is 79.9. The average Bonchev–Trinajstić information content (AvgIpc) is 2.29. The van der Waals surface area contributed by atoms with E-state index < -0.39 is 0 Å². The molecule has 0 amide bonds. The van der Waals surface area contributed by atoms with Gasteiger partial charge in [0, 0.05) is 4.47 Å². The number of phenols is 1. The van der Waals surface area contributed by atoms with Gasteiger partial charge in [-0.15, -0.1) is 11.3 Å². The van der Waals surface area contributed by atoms with Crippen LogP contribution in [-0.2, 0) is 0 Å². The molecule has 0 aliphatic carbocycles. The van der Waals surface area contributed by atoms with Gasteiger partial charge in [0.15, 0.2) is 0 Å². The zero-order valence-electron chi connectivity index (χ0n) is 6.34. The number of thiazole rings is 1. The van der Waals surface area contributed by atoms with Crippen LogP contribution in [0, 0.1) is 6.92 Å². The molecule has 62 valence electrons. The number of fused-ring (bicyclic) bond motifs is 1. The minimum Gasteiger partial charge on any atom is -0.506 e. The number of nitrogens with zero attached hydrogens (tertiary/aromatic N) is 1. The molecule has 2 nitrogen and oxygen atoms in total. The third-order valence-electron chi connectivity index (χ3n) is 1.55. The summed E-state index contributed by atoms with van der Waals surface area (Å²) in [6, 6.07) is 3.61. The van der Waals surface area contributed by atoms with Crippen LogP contribution < -0.4 is 0 Å². The molecular weight excluding hydrogens is 238 g/mol. The first-order valence-corrected chi connectivity index (χ1v) is 5.03. The van der Waals surface area contributed by atoms with Crippen LogP contribution in [0.2, 0.25) is 0 Å². The summed E-state index contributed by atoms with van der Waals surface area (Å²) in [5.41, 5.74) is 0.695. The van der Waals surface area contributed by atoms with Crippen molar-refractivity contribution in [2.45, 2.75) is 6.92 Å². The van der Waals surface area contributed by atoms with Crippen molar-refractivity contribution in [2.75, 3.05) is 0 Å². The molecule has 0 radical (unpaired) electrons. The summed E-state index contributed by atoms with van der Waals surface area (Å²) in [4.78, 5) is 4.20. The Morgan fingerprint density at radius 3 is 3.00 bits per heavy atom. The first-order valence-electron chi connectivity index (χ1n) is 3.42. The average molecular weight is 244 g/mol. The summed E-state index contributed by atoms with van der Waals surface area (Å²) in [5, 5.41) is 10.5. The van der Waals surface area contributed by atoms with Crippen LogP contribution in [0.1, 0.15) is 5.01 Å². The number of phenolic OH excluding ortho intramolecular Hbond substituents is 1. The molecule has 0 aliphatic heterocycles. The van der Waals surface area contributed by atoms with Crippen molar-refractivity contribution in [3.8, 4) is 5.75 Å². The molecule has 1 aromatic carbocycles. The maximum atomic E-state index is 9.48. The van der Waals surface area contributed by atoms with Gasteiger partial charge < -0.3 is 5.11 Å². The Morgan fingerprint density at radius 1 is 1.50 bits per heavy atom. The van der Waals surface area contributed by atoms with Gasteiger partial charge in [-0.05, 0) is 19.1 Å². The first kappa shape index (κ1) is 8.01. The van der Waals surface area contributed by atoms with E-state index in [0.717, 1.165) is 14.2 Å². The number of aryl methyl sites for hydroxylation is 1. The Kier molecular flexibility index (Phi) is 1.81. The summed E-state index contributed by atoms with van der Waals surface area (Å²) in [6.45, 7) is 1.93. The van der Waals surface area contributed by atoms with Crippen molar-refractivity contribution in [3.63, 3.8) is 0 Å². The standard InChI is InChI=1S/C8H6BrNOS/c1-4-10-8-6(11)2-5(9)3-7(8)12-4/h2-3,11H,1H3. The normalized spacial score (nSPS) is 10.8. The molecule has 0 fully saturated rings. The van der Waals surface area contributed by atoms with Crippen molar-refractivity contribution in [3.05, 3.63) is 21.6 Å². The quantitative estimate of drug-likeness (QED) is 0.772. The van der Waals surface area contributed by atoms with Crippen LogP contribution in [0.25, 0.3) is 10.2 Å². The van der Waals surface area contributed by atoms with Gasteiger partial charge in [-0.25, -0.2) is 4.98 Å². The summed E-state index contributed by atoms with van der Waals surface area (Å²) >= 11 is 4.89. The second-order valence-electron chi connectivity index (χ2n) is 2.50. The van der Waals surface area contributed by atoms with Gasteiger partial charge >= 0.3 is 0 Å². The monoisotopic (exact) mass is 243 g/mol. The van der Waals surface area contributed by atoms with E-state index in [9.17, 15) is 5.11 Å². The van der Waals surface area contributed by atoms with Crippen LogP contribution in [0.4, 0.5) is 0 Å². The van der Waals surface area contributed by atoms with E-state index >= 15 is 0 Å². The lowest BCUT2D eigenvalue weighted by Gasteiger charge is -1.93. The summed E-state index contributed by atoms with van der Waals surface area (Å²) < 4.78 is 1.90. The molecular formula is C8H6BrNOS. The zero-order chi connectivity index (χ0) is 8.72. The van der Waals surface area contributed by atoms with E-state index in [1.165, 1.54) is 0 Å². The Hall–Kier alpha value is -0.610. The summed E-state index contributed by atoms with van der Waals surface area (Å²) in [6.07, 6.45) is 0. The number of hydrogen-bond donors (Lipinski definition) is 1. The Bertz CT molecular complexity index is 438. The van der Waals surface area contributed by atoms with Crippen LogP contribution in [0.3, 0.4) is 0 Å². The maximum Gasteiger partial charge on any atom is 0.143 e. The predicted molar refractivity (Wildman–Crippen MR) is 53.7 cm³/mol. The molecule has 2 rings (SSSR count). The largest absolute Gasteiger partial charge is 0.506 e. The second kappa shape index (κ2) is 2.71. The lowest BCUT2D eigenvalue weighted by molar-refractivity contribution is 0.480. The number of aromatic nitrogens is 1. The Balaban J connectivity index is 2.88. The number of hydrogen-bond acceptors (Lipinski definition) is 3. The highest BCUT2D eigenvalue weighted by Crippen LogP contribution is 2.32. The number of benzene rings is 1. The van der Waals surface area contributed by atoms with E-state index in [1.807, 2.05) is 13.0 Å². The van der Waals surface area contributed by atoms with Crippen molar-refractivity contribution < 1.29 is 5.11 Å². The number of rotatable bonds is 0. The number of halogens is 1. The molecule has 0 atom stereocenters. The van der Waals surface area contributed by atoms with Crippen LogP contribution in [0.15, 0.2) is 16.6 Å². The fourth-order valence-corrected chi connectivity index (χ4v) is 2.58. The molecule has 1 aromatic heterocycles. The van der Waals surface area contributed by atoms with Crippen LogP contribution >= 0.6 is 27.3 Å². The second-order valence-corrected chi connectivity index (χ2v) is 4.65. The van der Waals surface area contributed by atoms with E-state index in [-0.39, 0.29) is 5.75 Å². The first-order chi connectivity index (χ1) is 5.66. The molecule has 1 heterocycles. The highest BCUT2D eigenvalue weighted by molar-refractivity contribution is 9.10. The number of aromatic hydroxyl groups is 1. The smallest absolute Gasteiger partial charge is 0.143 e. The van der Waals surface area contributed by atoms with Gasteiger partial charge in [0.1, 0.15) is 11.3 Å². The minimum atomic E-state index is 0.240. The van der Waals surface area contributed by atoms with Gasteiger partial charge in [0.25, 0.3) is 0 Å². The van der Waals surface area contributed by atoms with Gasteiger partial charge in [-0.1, -0.05) is 15.9 Å². The van der Waals surface area contributed by atoms with Gasteiger partial charge in [0.2, 0.25) is 0 Å². The zero-order valence-corrected chi connectivity index (χ0v) is 8.74. The lowest BCUT2D eigenvalue weighted by atomic mass is 10.3. The van der Waals surface area contributed by atoms with Crippen molar-refractivity contribution in [2.24, 2.45) is 0 Å². The molecule has 0 bridgehead atoms. The molecule has 2 aromatic rings. The molecule has 0 spiro atoms. The van der Waals surface area contributed by atoms with Crippen molar-refractivity contribution >= 4 is 37.5 Å². The lowest BCUT2D eigenvalue weighted by Crippen LogP contribution is -1.71. The van der Waals surface area contributed by atoms with Gasteiger partial charge in [-0.3, -0.25) is 0 Å². The predicted octanol–water partition coefficient (Wildman–Crippen LogP) is 3.07. The maximum absolute atomic E-state index is 9.48. The molecule has 0 aliphatic rings. The molecule has 12 heavy (non-hydrogen) atoms. The molecule has 0 saturated heterocycles. The van der Waals surface area contributed by atoms with Gasteiger partial charge in [-0.2, -0.15) is 0 Å². The third-order valence-corrected chi connectivity index (χ3v) is 2.92. The highest BCUT2D eigenvalue weighted by Gasteiger charge is 2.05. The van der Waals surface area contributed by atoms with Gasteiger partial charge in [0.05, 0.1) is 9.71 Å². The molecule has 4 heteroatoms. The van der Waals surface area contributed by atoms with Crippen molar-refractivity contribution in [1.29, 1.82) is 0 Å². The SMILES string of the molecule is Cc1nc2c(O)cc(Br)cc2s1. The summed E-state index contributed by atoms with van der Waals surface area (Å²) in [5.74, 6) is 0.240. The fraction of sp³-hybridized carbons (Fsp3) is 0.125. The van der Waals surface area contributed by atoms with E-state index in [2.05, 4.69) is 20.9 Å². The van der Waals surface area contributed by atoms with E-state index in [4.69, 9.17) is 0 Å². The third kappa shape index (κ3) is 1.21. The van der Waals surface area contributed by atoms with E-state index in [1.54, 1.807) is 17.4 Å². The molecule has 0 unspecified atom stereocenters. The minimum absolute atomic E-state index is 0.240. The van der Waals surface area contributed by atoms with Crippen molar-refractivity contribution in [1.82, 2.24) is 4.98 Å². The molecule has 0 saturated carbocycles. The Morgan fingerprint density at radius 2 is 2.25 bits per heavy atom. The Labute approximate surface area is 82.0 Å². The fourth-order valence-electron chi connectivity index (χ4n) is 1.09. The van der Waals surface area contributed by atoms with Crippen LogP contribution in [-0.4, -0.2) is 10.1 Å². The summed E-state index contributed by atoms with van der Waals surface area (Å²) in [7, 11) is 0. The topological polar surface area (TPSA) is 33.1 Å². The van der Waals surface area contributed by atoms with E-state index in [0.29, 0.717) is 5.52 Å².